The Balaban J connectivity index is 2.11. The Morgan fingerprint density at radius 3 is 2.47 bits per heavy atom. The van der Waals surface area contributed by atoms with Crippen LogP contribution in [-0.2, 0) is 19.3 Å². The van der Waals surface area contributed by atoms with E-state index in [2.05, 4.69) is 10.3 Å². The number of rotatable bonds is 6. The molecule has 0 saturated carbocycles. The van der Waals surface area contributed by atoms with Crippen molar-refractivity contribution in [2.24, 2.45) is 5.92 Å². The van der Waals surface area contributed by atoms with Crippen molar-refractivity contribution in [3.63, 3.8) is 0 Å². The Labute approximate surface area is 205 Å². The first kappa shape index (κ1) is 27.8. The van der Waals surface area contributed by atoms with Gasteiger partial charge in [-0.25, -0.2) is 18.4 Å². The lowest BCUT2D eigenvalue weighted by atomic mass is 9.77. The highest BCUT2D eigenvalue weighted by Crippen LogP contribution is 2.55. The zero-order valence-electron chi connectivity index (χ0n) is 20.1. The summed E-state index contributed by atoms with van der Waals surface area (Å²) in [5, 5.41) is 2.26. The van der Waals surface area contributed by atoms with Gasteiger partial charge in [0.15, 0.2) is 17.2 Å². The molecule has 13 heteroatoms. The standard InChI is InChI=1S/C23H26F5N3O4S/c1-11(2)34-19-14(6-7-15(24)18(19)25)17-12(3)22(4,23(26,27)28)35-20(17)21(32)31-13-8-9-30-16(10-13)36(5,29)33/h6-12,17,20,29H,1-5H3,(H,30,31,32)/t12-,17-,20+,22+,36+/m1/s1. The van der Waals surface area contributed by atoms with Crippen molar-refractivity contribution in [3.05, 3.63) is 47.7 Å². The summed E-state index contributed by atoms with van der Waals surface area (Å²) in [7, 11) is -3.24. The van der Waals surface area contributed by atoms with Gasteiger partial charge >= 0.3 is 6.18 Å². The Hall–Kier alpha value is -2.80. The fourth-order valence-electron chi connectivity index (χ4n) is 4.10. The van der Waals surface area contributed by atoms with Crippen molar-refractivity contribution in [2.75, 3.05) is 11.6 Å². The Kier molecular flexibility index (Phi) is 7.39. The van der Waals surface area contributed by atoms with E-state index in [0.717, 1.165) is 31.4 Å². The molecule has 2 heterocycles. The molecule has 1 aromatic heterocycles. The fraction of sp³-hybridized carbons (Fsp3) is 0.478. The molecule has 0 aliphatic carbocycles. The molecule has 0 unspecified atom stereocenters. The fourth-order valence-corrected chi connectivity index (χ4v) is 4.72. The maximum atomic E-state index is 14.7. The van der Waals surface area contributed by atoms with Gasteiger partial charge in [-0.1, -0.05) is 13.0 Å². The number of alkyl halides is 3. The number of anilines is 1. The second-order valence-corrected chi connectivity index (χ2v) is 11.2. The molecule has 2 N–H and O–H groups in total. The lowest BCUT2D eigenvalue weighted by Crippen LogP contribution is -2.47. The van der Waals surface area contributed by atoms with Crippen LogP contribution in [0, 0.1) is 22.3 Å². The first-order chi connectivity index (χ1) is 16.5. The maximum Gasteiger partial charge on any atom is 0.417 e. The lowest BCUT2D eigenvalue weighted by molar-refractivity contribution is -0.272. The third kappa shape index (κ3) is 5.17. The van der Waals surface area contributed by atoms with Gasteiger partial charge in [0, 0.05) is 35.5 Å². The quantitative estimate of drug-likeness (QED) is 0.492. The summed E-state index contributed by atoms with van der Waals surface area (Å²) < 4.78 is 101. The number of carbonyl (C=O) groups is 1. The molecule has 7 nitrogen and oxygen atoms in total. The monoisotopic (exact) mass is 535 g/mol. The molecule has 36 heavy (non-hydrogen) atoms. The van der Waals surface area contributed by atoms with Gasteiger partial charge in [0.05, 0.1) is 15.8 Å². The van der Waals surface area contributed by atoms with Gasteiger partial charge in [0.25, 0.3) is 5.91 Å². The molecule has 0 radical (unpaired) electrons. The van der Waals surface area contributed by atoms with Crippen LogP contribution in [0.5, 0.6) is 5.75 Å². The van der Waals surface area contributed by atoms with Crippen LogP contribution in [0.1, 0.15) is 39.2 Å². The Bertz CT molecular complexity index is 1270. The number of hydrogen-bond acceptors (Lipinski definition) is 6. The summed E-state index contributed by atoms with van der Waals surface area (Å²) in [6, 6.07) is 4.30. The van der Waals surface area contributed by atoms with Crippen LogP contribution in [0.2, 0.25) is 0 Å². The molecular formula is C23H26F5N3O4S. The third-order valence-corrected chi connectivity index (χ3v) is 7.14. The SMILES string of the molecule is CC(C)Oc1c([C@@H]2[C@@H](C(=O)Nc3ccnc([S@@](C)(=N)=O)c3)O[C@](C)(C(F)(F)F)[C@@H]2C)ccc(F)c1F. The summed E-state index contributed by atoms with van der Waals surface area (Å²) in [6.07, 6.45) is -5.04. The molecule has 0 spiro atoms. The minimum absolute atomic E-state index is 0.0198. The van der Waals surface area contributed by atoms with Gasteiger partial charge in [0.2, 0.25) is 5.82 Å². The van der Waals surface area contributed by atoms with Gasteiger partial charge in [-0.15, -0.1) is 0 Å². The molecule has 2 aromatic rings. The van der Waals surface area contributed by atoms with Crippen LogP contribution in [0.3, 0.4) is 0 Å². The lowest BCUT2D eigenvalue weighted by Gasteiger charge is -2.32. The van der Waals surface area contributed by atoms with Gasteiger partial charge in [-0.05, 0) is 39.0 Å². The number of aromatic nitrogens is 1. The van der Waals surface area contributed by atoms with E-state index in [1.165, 1.54) is 33.0 Å². The largest absolute Gasteiger partial charge is 0.488 e. The molecule has 0 bridgehead atoms. The summed E-state index contributed by atoms with van der Waals surface area (Å²) in [5.41, 5.74) is -2.94. The zero-order valence-corrected chi connectivity index (χ0v) is 20.9. The molecule has 1 fully saturated rings. The summed E-state index contributed by atoms with van der Waals surface area (Å²) in [6.45, 7) is 5.07. The first-order valence-electron chi connectivity index (χ1n) is 10.9. The van der Waals surface area contributed by atoms with Crippen LogP contribution < -0.4 is 10.1 Å². The zero-order chi connectivity index (χ0) is 27.2. The second kappa shape index (κ2) is 9.58. The highest BCUT2D eigenvalue weighted by Gasteiger charge is 2.66. The van der Waals surface area contributed by atoms with Crippen molar-refractivity contribution >= 4 is 21.3 Å². The number of amides is 1. The highest BCUT2D eigenvalue weighted by molar-refractivity contribution is 7.91. The summed E-state index contributed by atoms with van der Waals surface area (Å²) in [4.78, 5) is 17.1. The van der Waals surface area contributed by atoms with E-state index in [-0.39, 0.29) is 16.3 Å². The van der Waals surface area contributed by atoms with E-state index >= 15 is 0 Å². The first-order valence-corrected chi connectivity index (χ1v) is 12.8. The van der Waals surface area contributed by atoms with E-state index in [1.54, 1.807) is 0 Å². The molecule has 1 aliphatic rings. The van der Waals surface area contributed by atoms with Crippen LogP contribution in [0.15, 0.2) is 35.5 Å². The smallest absolute Gasteiger partial charge is 0.417 e. The molecule has 3 rings (SSSR count). The van der Waals surface area contributed by atoms with Crippen LogP contribution >= 0.6 is 0 Å². The van der Waals surface area contributed by atoms with Crippen LogP contribution in [0.25, 0.3) is 0 Å². The predicted molar refractivity (Wildman–Crippen MR) is 121 cm³/mol. The number of pyridine rings is 1. The van der Waals surface area contributed by atoms with Crippen molar-refractivity contribution in [3.8, 4) is 5.75 Å². The van der Waals surface area contributed by atoms with Crippen molar-refractivity contribution in [2.45, 2.75) is 62.6 Å². The summed E-state index contributed by atoms with van der Waals surface area (Å²) >= 11 is 0. The molecule has 1 aromatic carbocycles. The van der Waals surface area contributed by atoms with E-state index < -0.39 is 68.8 Å². The molecule has 1 aliphatic heterocycles. The van der Waals surface area contributed by atoms with E-state index in [1.807, 2.05) is 0 Å². The molecule has 1 amide bonds. The number of ether oxygens (including phenoxy) is 2. The average molecular weight is 536 g/mol. The topological polar surface area (TPSA) is 101 Å². The third-order valence-electron chi connectivity index (χ3n) is 6.12. The van der Waals surface area contributed by atoms with E-state index in [4.69, 9.17) is 14.3 Å². The van der Waals surface area contributed by atoms with Crippen LogP contribution in [0.4, 0.5) is 27.6 Å². The Morgan fingerprint density at radius 2 is 1.92 bits per heavy atom. The number of halogens is 5. The minimum atomic E-state index is -4.90. The van der Waals surface area contributed by atoms with Crippen LogP contribution in [-0.4, -0.2) is 45.3 Å². The van der Waals surface area contributed by atoms with Crippen molar-refractivity contribution in [1.82, 2.24) is 4.98 Å². The maximum absolute atomic E-state index is 14.7. The molecule has 5 atom stereocenters. The normalized spacial score (nSPS) is 26.0. The Morgan fingerprint density at radius 1 is 1.28 bits per heavy atom. The number of nitrogens with zero attached hydrogens (tertiary/aromatic N) is 1. The van der Waals surface area contributed by atoms with Gasteiger partial charge < -0.3 is 14.8 Å². The minimum Gasteiger partial charge on any atom is -0.488 e. The van der Waals surface area contributed by atoms with Crippen molar-refractivity contribution in [1.29, 1.82) is 4.78 Å². The van der Waals surface area contributed by atoms with E-state index in [9.17, 15) is 31.0 Å². The van der Waals surface area contributed by atoms with E-state index in [0.29, 0.717) is 0 Å². The van der Waals surface area contributed by atoms with Gasteiger partial charge in [-0.2, -0.15) is 17.6 Å². The molecule has 1 saturated heterocycles. The predicted octanol–water partition coefficient (Wildman–Crippen LogP) is 5.26. The second-order valence-electron chi connectivity index (χ2n) is 9.12. The number of benzene rings is 1. The summed E-state index contributed by atoms with van der Waals surface area (Å²) in [5.74, 6) is -7.05. The van der Waals surface area contributed by atoms with Gasteiger partial charge in [0.1, 0.15) is 11.1 Å². The van der Waals surface area contributed by atoms with Gasteiger partial charge in [-0.3, -0.25) is 4.79 Å². The number of nitrogens with one attached hydrogen (secondary N) is 2. The highest BCUT2D eigenvalue weighted by atomic mass is 32.2. The average Bonchev–Trinajstić information content (AvgIpc) is 3.03. The number of carbonyl (C=O) groups excluding carboxylic acids is 1. The number of hydrogen-bond donors (Lipinski definition) is 2. The molecule has 198 valence electrons. The van der Waals surface area contributed by atoms with Crippen molar-refractivity contribution < 1.29 is 40.4 Å². The molecular weight excluding hydrogens is 509 g/mol.